The Kier molecular flexibility index (Phi) is 6.99. The molecule has 1 saturated heterocycles. The minimum atomic E-state index is -3.44. The van der Waals surface area contributed by atoms with Crippen LogP contribution in [0.15, 0.2) is 35.7 Å². The van der Waals surface area contributed by atoms with Crippen LogP contribution in [0.4, 0.5) is 0 Å². The van der Waals surface area contributed by atoms with Gasteiger partial charge < -0.3 is 4.90 Å². The smallest absolute Gasteiger partial charge is 0.236 e. The highest BCUT2D eigenvalue weighted by atomic mass is 32.2. The van der Waals surface area contributed by atoms with Crippen molar-refractivity contribution in [3.05, 3.63) is 41.3 Å². The molecule has 1 amide bonds. The predicted octanol–water partition coefficient (Wildman–Crippen LogP) is 2.71. The molecule has 0 aromatic heterocycles. The van der Waals surface area contributed by atoms with Crippen molar-refractivity contribution in [2.75, 3.05) is 26.2 Å². The molecule has 1 heterocycles. The molecule has 0 unspecified atom stereocenters. The molecule has 1 aliphatic heterocycles. The van der Waals surface area contributed by atoms with Crippen LogP contribution in [0.2, 0.25) is 0 Å². The second-order valence-electron chi connectivity index (χ2n) is 6.00. The van der Waals surface area contributed by atoms with E-state index in [1.165, 1.54) is 9.71 Å². The lowest BCUT2D eigenvalue weighted by Gasteiger charge is -2.33. The average molecular weight is 350 g/mol. The third kappa shape index (κ3) is 5.46. The number of amides is 1. The molecule has 5 nitrogen and oxygen atoms in total. The van der Waals surface area contributed by atoms with Crippen molar-refractivity contribution < 1.29 is 13.2 Å². The predicted molar refractivity (Wildman–Crippen MR) is 96.7 cm³/mol. The summed E-state index contributed by atoms with van der Waals surface area (Å²) in [5.41, 5.74) is 0.853. The Morgan fingerprint density at radius 3 is 2.38 bits per heavy atom. The molecule has 0 atom stereocenters. The van der Waals surface area contributed by atoms with E-state index >= 15 is 0 Å². The molecule has 0 N–H and O–H groups in total. The van der Waals surface area contributed by atoms with Gasteiger partial charge in [0.2, 0.25) is 15.9 Å². The molecule has 1 aromatic rings. The molecule has 6 heteroatoms. The van der Waals surface area contributed by atoms with Gasteiger partial charge in [-0.3, -0.25) is 4.79 Å². The van der Waals surface area contributed by atoms with E-state index < -0.39 is 10.0 Å². The van der Waals surface area contributed by atoms with Gasteiger partial charge in [0.15, 0.2) is 0 Å². The summed E-state index contributed by atoms with van der Waals surface area (Å²) in [5.74, 6) is 0.139. The molecule has 1 aromatic carbocycles. The number of hydrogen-bond donors (Lipinski definition) is 0. The standard InChI is InChI=1S/C18H26N2O3S/c1-2-3-5-10-18(21)19-12-14-20(15-13-19)24(22,23)16-11-17-8-6-4-7-9-17/h4,6-9,11,16H,2-3,5,10,12-15H2,1H3. The Morgan fingerprint density at radius 2 is 1.75 bits per heavy atom. The van der Waals surface area contributed by atoms with E-state index in [0.29, 0.717) is 32.6 Å². The number of sulfonamides is 1. The number of unbranched alkanes of at least 4 members (excludes halogenated alkanes) is 2. The zero-order valence-electron chi connectivity index (χ0n) is 14.2. The summed E-state index contributed by atoms with van der Waals surface area (Å²) >= 11 is 0. The molecule has 0 aliphatic carbocycles. The van der Waals surface area contributed by atoms with Gasteiger partial charge in [-0.05, 0) is 18.1 Å². The van der Waals surface area contributed by atoms with Crippen LogP contribution < -0.4 is 0 Å². The van der Waals surface area contributed by atoms with Crippen LogP contribution in [0.3, 0.4) is 0 Å². The molecule has 1 fully saturated rings. The van der Waals surface area contributed by atoms with E-state index in [2.05, 4.69) is 6.92 Å². The number of benzene rings is 1. The van der Waals surface area contributed by atoms with Crippen LogP contribution in [0.25, 0.3) is 6.08 Å². The highest BCUT2D eigenvalue weighted by Crippen LogP contribution is 2.13. The molecule has 0 radical (unpaired) electrons. The van der Waals surface area contributed by atoms with Crippen molar-refractivity contribution >= 4 is 22.0 Å². The summed E-state index contributed by atoms with van der Waals surface area (Å²) in [7, 11) is -3.44. The SMILES string of the molecule is CCCCCC(=O)N1CCN(S(=O)(=O)C=Cc2ccccc2)CC1. The number of carbonyl (C=O) groups excluding carboxylic acids is 1. The number of carbonyl (C=O) groups is 1. The summed E-state index contributed by atoms with van der Waals surface area (Å²) < 4.78 is 26.2. The van der Waals surface area contributed by atoms with Gasteiger partial charge in [-0.1, -0.05) is 50.1 Å². The van der Waals surface area contributed by atoms with Gasteiger partial charge >= 0.3 is 0 Å². The van der Waals surface area contributed by atoms with Crippen LogP contribution in [-0.2, 0) is 14.8 Å². The third-order valence-corrected chi connectivity index (χ3v) is 5.74. The minimum absolute atomic E-state index is 0.139. The zero-order valence-corrected chi connectivity index (χ0v) is 15.0. The summed E-state index contributed by atoms with van der Waals surface area (Å²) in [6.07, 6.45) is 5.23. The lowest BCUT2D eigenvalue weighted by molar-refractivity contribution is -0.132. The molecule has 1 aliphatic rings. The first-order valence-corrected chi connectivity index (χ1v) is 10.0. The summed E-state index contributed by atoms with van der Waals surface area (Å²) in [4.78, 5) is 13.9. The van der Waals surface area contributed by atoms with Crippen LogP contribution in [0.1, 0.15) is 38.2 Å². The van der Waals surface area contributed by atoms with Crippen LogP contribution in [-0.4, -0.2) is 49.7 Å². The van der Waals surface area contributed by atoms with Crippen molar-refractivity contribution in [3.63, 3.8) is 0 Å². The largest absolute Gasteiger partial charge is 0.340 e. The van der Waals surface area contributed by atoms with Crippen LogP contribution in [0, 0.1) is 0 Å². The fourth-order valence-corrected chi connectivity index (χ4v) is 3.86. The first-order chi connectivity index (χ1) is 11.5. The first-order valence-electron chi connectivity index (χ1n) is 8.54. The number of nitrogens with zero attached hydrogens (tertiary/aromatic N) is 2. The lowest BCUT2D eigenvalue weighted by Crippen LogP contribution is -2.50. The summed E-state index contributed by atoms with van der Waals surface area (Å²) in [6, 6.07) is 9.35. The normalized spacial score (nSPS) is 16.6. The van der Waals surface area contributed by atoms with E-state index in [0.717, 1.165) is 24.8 Å². The lowest BCUT2D eigenvalue weighted by atomic mass is 10.2. The Balaban J connectivity index is 1.86. The monoisotopic (exact) mass is 350 g/mol. The van der Waals surface area contributed by atoms with Gasteiger partial charge in [0.1, 0.15) is 0 Å². The Labute approximate surface area is 145 Å². The fraction of sp³-hybridized carbons (Fsp3) is 0.500. The molecule has 132 valence electrons. The average Bonchev–Trinajstić information content (AvgIpc) is 2.61. The van der Waals surface area contributed by atoms with Gasteiger partial charge in [0.05, 0.1) is 0 Å². The maximum absolute atomic E-state index is 12.4. The fourth-order valence-electron chi connectivity index (χ4n) is 2.69. The molecular formula is C18H26N2O3S. The number of piperazine rings is 1. The number of rotatable bonds is 7. The zero-order chi connectivity index (χ0) is 17.4. The van der Waals surface area contributed by atoms with Crippen molar-refractivity contribution in [1.29, 1.82) is 0 Å². The Bertz CT molecular complexity index is 648. The van der Waals surface area contributed by atoms with Gasteiger partial charge in [-0.2, -0.15) is 4.31 Å². The van der Waals surface area contributed by atoms with Crippen molar-refractivity contribution in [1.82, 2.24) is 9.21 Å². The van der Waals surface area contributed by atoms with Crippen molar-refractivity contribution in [3.8, 4) is 0 Å². The maximum Gasteiger partial charge on any atom is 0.236 e. The Morgan fingerprint density at radius 1 is 1.08 bits per heavy atom. The molecule has 24 heavy (non-hydrogen) atoms. The molecule has 0 saturated carbocycles. The van der Waals surface area contributed by atoms with E-state index in [-0.39, 0.29) is 5.91 Å². The molecule has 2 rings (SSSR count). The van der Waals surface area contributed by atoms with Gasteiger partial charge in [0.25, 0.3) is 0 Å². The van der Waals surface area contributed by atoms with Crippen molar-refractivity contribution in [2.24, 2.45) is 0 Å². The first kappa shape index (κ1) is 18.7. The van der Waals surface area contributed by atoms with E-state index in [9.17, 15) is 13.2 Å². The Hall–Kier alpha value is -1.66. The topological polar surface area (TPSA) is 57.7 Å². The maximum atomic E-state index is 12.4. The highest BCUT2D eigenvalue weighted by molar-refractivity contribution is 7.92. The third-order valence-electron chi connectivity index (χ3n) is 4.18. The number of hydrogen-bond acceptors (Lipinski definition) is 3. The van der Waals surface area contributed by atoms with E-state index in [1.807, 2.05) is 30.3 Å². The van der Waals surface area contributed by atoms with Crippen LogP contribution >= 0.6 is 0 Å². The second-order valence-corrected chi connectivity index (χ2v) is 7.81. The van der Waals surface area contributed by atoms with Gasteiger partial charge in [-0.25, -0.2) is 8.42 Å². The van der Waals surface area contributed by atoms with Gasteiger partial charge in [-0.15, -0.1) is 0 Å². The van der Waals surface area contributed by atoms with Crippen molar-refractivity contribution in [2.45, 2.75) is 32.6 Å². The second kappa shape index (κ2) is 8.99. The summed E-state index contributed by atoms with van der Waals surface area (Å²) in [5, 5.41) is 1.25. The van der Waals surface area contributed by atoms with Gasteiger partial charge in [0, 0.05) is 38.0 Å². The molecular weight excluding hydrogens is 324 g/mol. The molecule has 0 spiro atoms. The quantitative estimate of drug-likeness (QED) is 0.711. The van der Waals surface area contributed by atoms with E-state index in [4.69, 9.17) is 0 Å². The minimum Gasteiger partial charge on any atom is -0.340 e. The van der Waals surface area contributed by atoms with E-state index in [1.54, 1.807) is 11.0 Å². The molecule has 0 bridgehead atoms. The summed E-state index contributed by atoms with van der Waals surface area (Å²) in [6.45, 7) is 3.78. The van der Waals surface area contributed by atoms with Crippen LogP contribution in [0.5, 0.6) is 0 Å². The highest BCUT2D eigenvalue weighted by Gasteiger charge is 2.26.